The predicted molar refractivity (Wildman–Crippen MR) is 138 cm³/mol. The number of aliphatic hydroxyl groups excluding tert-OH is 2. The van der Waals surface area contributed by atoms with Crippen LogP contribution in [0.1, 0.15) is 63.0 Å². The van der Waals surface area contributed by atoms with Gasteiger partial charge in [0, 0.05) is 19.6 Å². The molecule has 4 rings (SSSR count). The van der Waals surface area contributed by atoms with Crippen LogP contribution in [0.25, 0.3) is 0 Å². The van der Waals surface area contributed by atoms with E-state index >= 15 is 0 Å². The third kappa shape index (κ3) is 7.44. The van der Waals surface area contributed by atoms with Crippen LogP contribution in [0.5, 0.6) is 5.75 Å². The predicted octanol–water partition coefficient (Wildman–Crippen LogP) is 3.37. The van der Waals surface area contributed by atoms with Gasteiger partial charge in [0.25, 0.3) is 0 Å². The third-order valence-electron chi connectivity index (χ3n) is 8.44. The van der Waals surface area contributed by atoms with Crippen molar-refractivity contribution in [3.63, 3.8) is 0 Å². The van der Waals surface area contributed by atoms with Crippen molar-refractivity contribution in [2.75, 3.05) is 46.1 Å². The smallest absolute Gasteiger partial charge is 0.344 e. The maximum atomic E-state index is 12.3. The van der Waals surface area contributed by atoms with Gasteiger partial charge in [0.2, 0.25) is 0 Å². The van der Waals surface area contributed by atoms with E-state index in [1.165, 1.54) is 24.0 Å². The van der Waals surface area contributed by atoms with E-state index in [1.54, 1.807) is 0 Å². The highest BCUT2D eigenvalue weighted by atomic mass is 16.6. The van der Waals surface area contributed by atoms with E-state index in [9.17, 15) is 15.0 Å². The first-order chi connectivity index (χ1) is 17.5. The molecule has 7 heteroatoms. The molecule has 2 fully saturated rings. The normalized spacial score (nSPS) is 26.8. The molecule has 5 atom stereocenters. The lowest BCUT2D eigenvalue weighted by Gasteiger charge is -2.32. The number of ether oxygens (including phenoxy) is 3. The van der Waals surface area contributed by atoms with Crippen LogP contribution in [-0.2, 0) is 27.1 Å². The van der Waals surface area contributed by atoms with Crippen molar-refractivity contribution in [2.24, 2.45) is 17.8 Å². The molecule has 0 radical (unpaired) electrons. The Hall–Kier alpha value is -1.67. The molecule has 0 unspecified atom stereocenters. The van der Waals surface area contributed by atoms with Crippen molar-refractivity contribution in [1.29, 1.82) is 0 Å². The molecule has 1 saturated heterocycles. The fourth-order valence-electron chi connectivity index (χ4n) is 6.39. The quantitative estimate of drug-likeness (QED) is 0.315. The van der Waals surface area contributed by atoms with E-state index in [-0.39, 0.29) is 30.7 Å². The zero-order chi connectivity index (χ0) is 25.3. The van der Waals surface area contributed by atoms with Gasteiger partial charge in [-0.1, -0.05) is 38.3 Å². The lowest BCUT2D eigenvalue weighted by molar-refractivity contribution is -0.146. The van der Waals surface area contributed by atoms with Crippen molar-refractivity contribution in [3.05, 3.63) is 29.3 Å². The molecule has 2 N–H and O–H groups in total. The first kappa shape index (κ1) is 27.4. The number of unbranched alkanes of at least 4 members (excludes halogenated alkanes) is 2. The molecule has 1 aliphatic heterocycles. The molecule has 0 bridgehead atoms. The number of aliphatic hydroxyl groups is 2. The summed E-state index contributed by atoms with van der Waals surface area (Å²) in [6.07, 6.45) is 7.98. The molecule has 1 aromatic rings. The summed E-state index contributed by atoms with van der Waals surface area (Å²) < 4.78 is 16.7. The summed E-state index contributed by atoms with van der Waals surface area (Å²) in [7, 11) is 0. The Labute approximate surface area is 216 Å². The topological polar surface area (TPSA) is 88.5 Å². The summed E-state index contributed by atoms with van der Waals surface area (Å²) >= 11 is 0. The van der Waals surface area contributed by atoms with Crippen molar-refractivity contribution >= 4 is 5.97 Å². The second-order valence-corrected chi connectivity index (χ2v) is 10.9. The van der Waals surface area contributed by atoms with E-state index in [4.69, 9.17) is 14.2 Å². The summed E-state index contributed by atoms with van der Waals surface area (Å²) in [5, 5.41) is 21.3. The number of hydrogen-bond donors (Lipinski definition) is 2. The molecule has 202 valence electrons. The second-order valence-electron chi connectivity index (χ2n) is 10.9. The maximum absolute atomic E-state index is 12.3. The molecule has 36 heavy (non-hydrogen) atoms. The van der Waals surface area contributed by atoms with Crippen molar-refractivity contribution in [1.82, 2.24) is 4.90 Å². The summed E-state index contributed by atoms with van der Waals surface area (Å²) in [4.78, 5) is 14.5. The number of benzene rings is 1. The number of morpholine rings is 1. The van der Waals surface area contributed by atoms with Gasteiger partial charge in [0.1, 0.15) is 12.4 Å². The van der Waals surface area contributed by atoms with Gasteiger partial charge in [-0.3, -0.25) is 4.90 Å². The standard InChI is InChI=1S/C29H45NO6/c1-2-3-4-7-23(31)9-10-24-25-17-21-6-5-8-28(26(21)18-22(25)19-27(24)32)36-20-29(33)35-16-13-30-11-14-34-15-12-30/h5-6,8,22-25,27,31-32H,2-4,7,9-20H2,1H3/t22-,23-,24+,25-,27+/m0/s1. The van der Waals surface area contributed by atoms with Crippen LogP contribution in [0.3, 0.4) is 0 Å². The summed E-state index contributed by atoms with van der Waals surface area (Å²) in [5.74, 6) is 1.52. The monoisotopic (exact) mass is 503 g/mol. The van der Waals surface area contributed by atoms with Gasteiger partial charge < -0.3 is 24.4 Å². The third-order valence-corrected chi connectivity index (χ3v) is 8.44. The molecule has 3 aliphatic rings. The Kier molecular flexibility index (Phi) is 10.5. The molecule has 0 aromatic heterocycles. The van der Waals surface area contributed by atoms with Crippen molar-refractivity contribution in [3.8, 4) is 5.75 Å². The molecule has 1 aromatic carbocycles. The van der Waals surface area contributed by atoms with E-state index in [2.05, 4.69) is 17.9 Å². The van der Waals surface area contributed by atoms with E-state index in [0.29, 0.717) is 18.4 Å². The number of hydrogen-bond acceptors (Lipinski definition) is 7. The van der Waals surface area contributed by atoms with Crippen LogP contribution in [-0.4, -0.2) is 79.4 Å². The average Bonchev–Trinajstić information content (AvgIpc) is 3.19. The zero-order valence-corrected chi connectivity index (χ0v) is 21.9. The largest absolute Gasteiger partial charge is 0.482 e. The molecule has 1 saturated carbocycles. The molecule has 0 amide bonds. The Morgan fingerprint density at radius 2 is 2.03 bits per heavy atom. The summed E-state index contributed by atoms with van der Waals surface area (Å²) in [6, 6.07) is 6.09. The van der Waals surface area contributed by atoms with E-state index in [0.717, 1.165) is 83.5 Å². The van der Waals surface area contributed by atoms with Gasteiger partial charge in [-0.2, -0.15) is 0 Å². The first-order valence-corrected chi connectivity index (χ1v) is 14.1. The number of esters is 1. The highest BCUT2D eigenvalue weighted by molar-refractivity contribution is 5.71. The summed E-state index contributed by atoms with van der Waals surface area (Å²) in [5.41, 5.74) is 2.43. The Bertz CT molecular complexity index is 826. The molecular weight excluding hydrogens is 458 g/mol. The van der Waals surface area contributed by atoms with Crippen LogP contribution in [0.15, 0.2) is 18.2 Å². The van der Waals surface area contributed by atoms with Gasteiger partial charge in [0.05, 0.1) is 25.4 Å². The lowest BCUT2D eigenvalue weighted by atomic mass is 9.73. The molecule has 1 heterocycles. The fraction of sp³-hybridized carbons (Fsp3) is 0.759. The minimum atomic E-state index is -0.344. The highest BCUT2D eigenvalue weighted by Gasteiger charge is 2.44. The zero-order valence-electron chi connectivity index (χ0n) is 21.9. The first-order valence-electron chi connectivity index (χ1n) is 14.1. The minimum absolute atomic E-state index is 0.0885. The van der Waals surface area contributed by atoms with Gasteiger partial charge >= 0.3 is 5.97 Å². The fourth-order valence-corrected chi connectivity index (χ4v) is 6.39. The van der Waals surface area contributed by atoms with E-state index < -0.39 is 0 Å². The number of fused-ring (bicyclic) bond motifs is 2. The Morgan fingerprint density at radius 3 is 2.83 bits per heavy atom. The SMILES string of the molecule is CCCCC[C@H](O)CC[C@@H]1[C@H]2Cc3cccc(OCC(=O)OCCN4CCOCC4)c3C[C@H]2C[C@H]1O. The van der Waals surface area contributed by atoms with Crippen LogP contribution >= 0.6 is 0 Å². The summed E-state index contributed by atoms with van der Waals surface area (Å²) in [6.45, 7) is 6.40. The Morgan fingerprint density at radius 1 is 1.19 bits per heavy atom. The minimum Gasteiger partial charge on any atom is -0.482 e. The van der Waals surface area contributed by atoms with Crippen LogP contribution < -0.4 is 4.74 Å². The molecular formula is C29H45NO6. The lowest BCUT2D eigenvalue weighted by Crippen LogP contribution is -2.38. The van der Waals surface area contributed by atoms with E-state index in [1.807, 2.05) is 12.1 Å². The van der Waals surface area contributed by atoms with Gasteiger partial charge in [-0.15, -0.1) is 0 Å². The van der Waals surface area contributed by atoms with Gasteiger partial charge in [-0.25, -0.2) is 4.79 Å². The average molecular weight is 504 g/mol. The number of nitrogens with zero attached hydrogens (tertiary/aromatic N) is 1. The second kappa shape index (κ2) is 13.8. The Balaban J connectivity index is 1.26. The van der Waals surface area contributed by atoms with Crippen molar-refractivity contribution < 1.29 is 29.2 Å². The van der Waals surface area contributed by atoms with Crippen LogP contribution in [0.2, 0.25) is 0 Å². The highest BCUT2D eigenvalue weighted by Crippen LogP contribution is 2.48. The van der Waals surface area contributed by atoms with Crippen molar-refractivity contribution in [2.45, 2.75) is 76.9 Å². The molecule has 7 nitrogen and oxygen atoms in total. The van der Waals surface area contributed by atoms with Crippen LogP contribution in [0, 0.1) is 17.8 Å². The number of carbonyl (C=O) groups is 1. The number of carbonyl (C=O) groups excluding carboxylic acids is 1. The number of rotatable bonds is 13. The maximum Gasteiger partial charge on any atom is 0.344 e. The van der Waals surface area contributed by atoms with Gasteiger partial charge in [0.15, 0.2) is 6.61 Å². The van der Waals surface area contributed by atoms with Crippen LogP contribution in [0.4, 0.5) is 0 Å². The molecule has 2 aliphatic carbocycles. The van der Waals surface area contributed by atoms with Gasteiger partial charge in [-0.05, 0) is 73.5 Å². The molecule has 0 spiro atoms.